The normalized spacial score (nSPS) is 17.0. The molecule has 1 unspecified atom stereocenters. The third-order valence-corrected chi connectivity index (χ3v) is 12.0. The van der Waals surface area contributed by atoms with Crippen molar-refractivity contribution in [2.24, 2.45) is 5.92 Å². The van der Waals surface area contributed by atoms with E-state index in [0.29, 0.717) is 52.9 Å². The maximum Gasteiger partial charge on any atom is 0.264 e. The van der Waals surface area contributed by atoms with E-state index >= 15 is 4.39 Å². The Morgan fingerprint density at radius 2 is 1.58 bits per heavy atom. The Kier molecular flexibility index (Phi) is 12.2. The maximum atomic E-state index is 15.0. The van der Waals surface area contributed by atoms with Gasteiger partial charge >= 0.3 is 0 Å². The molecule has 2 aromatic heterocycles. The second-order valence-corrected chi connectivity index (χ2v) is 16.2. The number of hydrogen-bond donors (Lipinski definition) is 3. The Morgan fingerprint density at radius 3 is 2.31 bits per heavy atom. The number of imide groups is 2. The van der Waals surface area contributed by atoms with Gasteiger partial charge in [0.05, 0.1) is 17.7 Å². The van der Waals surface area contributed by atoms with Crippen LogP contribution in [0, 0.1) is 30.4 Å². The van der Waals surface area contributed by atoms with Crippen LogP contribution in [0.1, 0.15) is 73.4 Å². The zero-order valence-corrected chi connectivity index (χ0v) is 34.5. The van der Waals surface area contributed by atoms with E-state index in [9.17, 15) is 42.3 Å². The summed E-state index contributed by atoms with van der Waals surface area (Å²) in [6.45, 7) is 2.50. The largest absolute Gasteiger partial charge is 0.384 e. The number of amides is 6. The predicted octanol–water partition coefficient (Wildman–Crippen LogP) is 4.78. The highest BCUT2D eigenvalue weighted by Gasteiger charge is 2.45. The summed E-state index contributed by atoms with van der Waals surface area (Å²) >= 11 is 0. The lowest BCUT2D eigenvalue weighted by Crippen LogP contribution is -2.54. The lowest BCUT2D eigenvalue weighted by atomic mass is 9.92. The summed E-state index contributed by atoms with van der Waals surface area (Å²) in [5.74, 6) is -5.89. The summed E-state index contributed by atoms with van der Waals surface area (Å²) in [7, 11) is 0. The first-order valence-electron chi connectivity index (χ1n) is 20.8. The number of benzene rings is 3. The number of aryl methyl sites for hydroxylation is 1. The van der Waals surface area contributed by atoms with E-state index < -0.39 is 76.2 Å². The number of nitrogens with zero attached hydrogens (tertiary/aromatic N) is 4. The number of anilines is 1. The zero-order chi connectivity index (χ0) is 45.2. The van der Waals surface area contributed by atoms with Crippen LogP contribution in [0.5, 0.6) is 0 Å². The molecule has 8 rings (SSSR count). The van der Waals surface area contributed by atoms with Crippen LogP contribution in [-0.4, -0.2) is 86.5 Å². The van der Waals surface area contributed by atoms with Gasteiger partial charge in [0.25, 0.3) is 23.3 Å². The maximum absolute atomic E-state index is 15.0. The van der Waals surface area contributed by atoms with Gasteiger partial charge in [0, 0.05) is 56.1 Å². The fraction of sp³-hybridized carbons (Fsp3) is 0.277. The van der Waals surface area contributed by atoms with Crippen LogP contribution < -0.4 is 21.5 Å². The van der Waals surface area contributed by atoms with Gasteiger partial charge in [0.2, 0.25) is 23.7 Å². The molecule has 64 heavy (non-hydrogen) atoms. The summed E-state index contributed by atoms with van der Waals surface area (Å²) in [6, 6.07) is 16.9. The van der Waals surface area contributed by atoms with Crippen molar-refractivity contribution in [3.05, 3.63) is 153 Å². The van der Waals surface area contributed by atoms with Crippen LogP contribution >= 0.6 is 0 Å². The molecular formula is C47H42F3N7O7. The minimum atomic E-state index is -1.24. The number of likely N-dealkylation sites (tertiary alicyclic amines) is 1. The highest BCUT2D eigenvalue weighted by atomic mass is 19.1. The summed E-state index contributed by atoms with van der Waals surface area (Å²) < 4.78 is 43.6. The van der Waals surface area contributed by atoms with Crippen molar-refractivity contribution < 1.29 is 41.9 Å². The van der Waals surface area contributed by atoms with Gasteiger partial charge in [0.15, 0.2) is 0 Å². The van der Waals surface area contributed by atoms with Gasteiger partial charge in [-0.1, -0.05) is 42.5 Å². The third kappa shape index (κ3) is 8.91. The van der Waals surface area contributed by atoms with E-state index in [1.54, 1.807) is 48.2 Å². The minimum Gasteiger partial charge on any atom is -0.384 e. The summed E-state index contributed by atoms with van der Waals surface area (Å²) in [4.78, 5) is 99.7. The minimum absolute atomic E-state index is 0.00193. The van der Waals surface area contributed by atoms with Crippen LogP contribution in [0.15, 0.2) is 96.1 Å². The molecule has 328 valence electrons. The van der Waals surface area contributed by atoms with Crippen LogP contribution in [0.3, 0.4) is 0 Å². The molecule has 2 fully saturated rings. The van der Waals surface area contributed by atoms with Gasteiger partial charge in [-0.25, -0.2) is 13.8 Å². The van der Waals surface area contributed by atoms with Crippen molar-refractivity contribution >= 4 is 41.1 Å². The lowest BCUT2D eigenvalue weighted by molar-refractivity contribution is -0.136. The Labute approximate surface area is 364 Å². The van der Waals surface area contributed by atoms with Gasteiger partial charge in [0.1, 0.15) is 29.3 Å². The molecule has 0 bridgehead atoms. The Hall–Kier alpha value is -7.43. The molecule has 14 nitrogen and oxygen atoms in total. The van der Waals surface area contributed by atoms with Crippen molar-refractivity contribution in [3.63, 3.8) is 0 Å². The number of pyridine rings is 2. The van der Waals surface area contributed by atoms with Crippen molar-refractivity contribution in [2.75, 3.05) is 25.0 Å². The Bertz CT molecular complexity index is 2770. The van der Waals surface area contributed by atoms with Crippen molar-refractivity contribution in [3.8, 4) is 11.1 Å². The molecule has 0 saturated carbocycles. The molecule has 5 aromatic rings. The number of nitrogens with one attached hydrogen (secondary N) is 3. The molecule has 0 spiro atoms. The van der Waals surface area contributed by atoms with Crippen LogP contribution in [0.2, 0.25) is 0 Å². The fourth-order valence-corrected chi connectivity index (χ4v) is 8.58. The molecule has 3 aromatic carbocycles. The zero-order valence-electron chi connectivity index (χ0n) is 34.5. The average molecular weight is 874 g/mol. The standard InChI is InChI=1S/C47H42F3N7O7/c1-26-19-39(50)52-23-35(26)32-6-3-2-5-29(32)20-37(53-42(59)34-21-31(49)25-56(44(34)61)24-28-9-11-30(48)12-10-28)46(63)55-17-15-27(16-18-55)22-51-36-8-4-7-33-41(36)47(64)57(45(33)62)38-13-14-40(58)54-43(38)60/h2-12,19,21,23,25,27,37-38,51H,13-18,20,22,24H2,1H3,(H,53,59)(H,54,58,60)/t37-,38?/m0/s1. The highest BCUT2D eigenvalue weighted by Crippen LogP contribution is 2.33. The quantitative estimate of drug-likeness (QED) is 0.118. The smallest absolute Gasteiger partial charge is 0.264 e. The van der Waals surface area contributed by atoms with E-state index in [-0.39, 0.29) is 55.9 Å². The molecule has 2 saturated heterocycles. The molecule has 3 aliphatic rings. The first-order valence-corrected chi connectivity index (χ1v) is 20.8. The highest BCUT2D eigenvalue weighted by molar-refractivity contribution is 6.25. The number of rotatable bonds is 12. The second-order valence-electron chi connectivity index (χ2n) is 16.2. The summed E-state index contributed by atoms with van der Waals surface area (Å²) in [5, 5.41) is 8.20. The first-order chi connectivity index (χ1) is 30.7. The Balaban J connectivity index is 0.993. The van der Waals surface area contributed by atoms with Crippen molar-refractivity contribution in [2.45, 2.75) is 57.7 Å². The SMILES string of the molecule is Cc1cc(F)ncc1-c1ccccc1C[C@H](NC(=O)c1cc(F)cn(Cc2ccc(F)cc2)c1=O)C(=O)N1CCC(CNc2cccc3c2C(=O)N(C2CCC(=O)NC2=O)C3=O)CC1. The second kappa shape index (κ2) is 18.1. The number of halogens is 3. The lowest BCUT2D eigenvalue weighted by Gasteiger charge is -2.35. The molecule has 2 atom stereocenters. The fourth-order valence-electron chi connectivity index (χ4n) is 8.58. The van der Waals surface area contributed by atoms with Crippen molar-refractivity contribution in [1.82, 2.24) is 30.0 Å². The third-order valence-electron chi connectivity index (χ3n) is 12.0. The number of hydrogen-bond acceptors (Lipinski definition) is 9. The van der Waals surface area contributed by atoms with Gasteiger partial charge in [-0.2, -0.15) is 4.39 Å². The van der Waals surface area contributed by atoms with Gasteiger partial charge in [-0.15, -0.1) is 0 Å². The van der Waals surface area contributed by atoms with Gasteiger partial charge in [-0.05, 0) is 90.8 Å². The number of carbonyl (C=O) groups excluding carboxylic acids is 6. The Morgan fingerprint density at radius 1 is 0.844 bits per heavy atom. The molecule has 17 heteroatoms. The summed E-state index contributed by atoms with van der Waals surface area (Å²) in [5.41, 5.74) is 2.27. The number of fused-ring (bicyclic) bond motifs is 1. The molecule has 3 aliphatic heterocycles. The predicted molar refractivity (Wildman–Crippen MR) is 226 cm³/mol. The van der Waals surface area contributed by atoms with E-state index in [4.69, 9.17) is 0 Å². The number of piperidine rings is 2. The molecule has 0 radical (unpaired) electrons. The van der Waals surface area contributed by atoms with Crippen molar-refractivity contribution in [1.29, 1.82) is 0 Å². The van der Waals surface area contributed by atoms with Crippen LogP contribution in [-0.2, 0) is 27.3 Å². The van der Waals surface area contributed by atoms with E-state index in [0.717, 1.165) is 21.7 Å². The molecule has 3 N–H and O–H groups in total. The van der Waals surface area contributed by atoms with Gasteiger partial charge in [-0.3, -0.25) is 43.8 Å². The monoisotopic (exact) mass is 873 g/mol. The van der Waals surface area contributed by atoms with Crippen LogP contribution in [0.25, 0.3) is 11.1 Å². The van der Waals surface area contributed by atoms with Gasteiger partial charge < -0.3 is 20.1 Å². The number of carbonyl (C=O) groups is 6. The average Bonchev–Trinajstić information content (AvgIpc) is 3.53. The molecule has 5 heterocycles. The van der Waals surface area contributed by atoms with E-state index in [1.165, 1.54) is 42.6 Å². The van der Waals surface area contributed by atoms with E-state index in [1.807, 2.05) is 0 Å². The van der Waals surface area contributed by atoms with Crippen LogP contribution in [0.4, 0.5) is 18.9 Å². The first kappa shape index (κ1) is 43.2. The topological polar surface area (TPSA) is 180 Å². The van der Waals surface area contributed by atoms with E-state index in [2.05, 4.69) is 20.9 Å². The molecular weight excluding hydrogens is 832 g/mol. The summed E-state index contributed by atoms with van der Waals surface area (Å²) in [6.07, 6.45) is 3.33. The molecule has 6 amide bonds. The number of aromatic nitrogens is 2. The molecule has 0 aliphatic carbocycles.